The highest BCUT2D eigenvalue weighted by Gasteiger charge is 2.27. The van der Waals surface area contributed by atoms with Gasteiger partial charge in [0.1, 0.15) is 6.04 Å². The van der Waals surface area contributed by atoms with Crippen molar-refractivity contribution >= 4 is 17.5 Å². The highest BCUT2D eigenvalue weighted by molar-refractivity contribution is 5.89. The number of amides is 2. The summed E-state index contributed by atoms with van der Waals surface area (Å²) < 4.78 is 0. The van der Waals surface area contributed by atoms with E-state index in [1.807, 2.05) is 25.1 Å². The molecule has 0 aromatic heterocycles. The molecule has 0 bridgehead atoms. The van der Waals surface area contributed by atoms with Crippen LogP contribution in [0.4, 0.5) is 5.69 Å². The van der Waals surface area contributed by atoms with E-state index in [0.717, 1.165) is 18.5 Å². The van der Waals surface area contributed by atoms with Gasteiger partial charge in [0.25, 0.3) is 0 Å². The molecular weight excluding hydrogens is 278 g/mol. The van der Waals surface area contributed by atoms with Crippen molar-refractivity contribution in [1.29, 1.82) is 0 Å². The molecule has 0 saturated heterocycles. The number of benzene rings is 1. The van der Waals surface area contributed by atoms with Crippen molar-refractivity contribution < 1.29 is 9.59 Å². The molecule has 1 aliphatic heterocycles. The van der Waals surface area contributed by atoms with E-state index in [2.05, 4.69) is 28.5 Å². The van der Waals surface area contributed by atoms with Crippen LogP contribution in [0, 0.1) is 0 Å². The molecule has 0 radical (unpaired) electrons. The fourth-order valence-corrected chi connectivity index (χ4v) is 2.78. The van der Waals surface area contributed by atoms with E-state index in [4.69, 9.17) is 0 Å². The summed E-state index contributed by atoms with van der Waals surface area (Å²) in [6.07, 6.45) is 1.84. The van der Waals surface area contributed by atoms with Gasteiger partial charge in [-0.05, 0) is 38.3 Å². The molecule has 2 rings (SSSR count). The smallest absolute Gasteiger partial charge is 0.242 e. The van der Waals surface area contributed by atoms with Crippen LogP contribution in [0.25, 0.3) is 0 Å². The van der Waals surface area contributed by atoms with E-state index in [-0.39, 0.29) is 18.4 Å². The molecule has 1 aromatic rings. The lowest BCUT2D eigenvalue weighted by atomic mass is 10.1. The summed E-state index contributed by atoms with van der Waals surface area (Å²) in [5.74, 6) is -0.257. The molecule has 22 heavy (non-hydrogen) atoms. The van der Waals surface area contributed by atoms with Crippen LogP contribution in [-0.4, -0.2) is 37.0 Å². The van der Waals surface area contributed by atoms with Gasteiger partial charge < -0.3 is 15.5 Å². The second-order valence-electron chi connectivity index (χ2n) is 5.89. The maximum Gasteiger partial charge on any atom is 0.242 e. The lowest BCUT2D eigenvalue weighted by Gasteiger charge is -2.25. The molecule has 0 saturated carbocycles. The third-order valence-electron chi connectivity index (χ3n) is 3.98. The number of carbonyl (C=O) groups is 2. The van der Waals surface area contributed by atoms with Gasteiger partial charge in [0.2, 0.25) is 11.8 Å². The molecule has 2 N–H and O–H groups in total. The molecule has 2 amide bonds. The van der Waals surface area contributed by atoms with Gasteiger partial charge in [-0.25, -0.2) is 0 Å². The minimum atomic E-state index is -0.507. The Kier molecular flexibility index (Phi) is 5.41. The molecule has 1 aliphatic rings. The van der Waals surface area contributed by atoms with Crippen LogP contribution in [-0.2, 0) is 16.0 Å². The van der Waals surface area contributed by atoms with Gasteiger partial charge in [0.15, 0.2) is 0 Å². The molecule has 5 heteroatoms. The number of nitrogens with one attached hydrogen (secondary N) is 2. The summed E-state index contributed by atoms with van der Waals surface area (Å²) in [6, 6.07) is 7.95. The first kappa shape index (κ1) is 16.3. The van der Waals surface area contributed by atoms with Gasteiger partial charge in [0, 0.05) is 18.3 Å². The van der Waals surface area contributed by atoms with Gasteiger partial charge in [-0.15, -0.1) is 0 Å². The number of anilines is 1. The average molecular weight is 303 g/mol. The Morgan fingerprint density at radius 1 is 1.36 bits per heavy atom. The van der Waals surface area contributed by atoms with Crippen LogP contribution in [0.5, 0.6) is 0 Å². The number of rotatable bonds is 6. The Bertz CT molecular complexity index is 544. The Morgan fingerprint density at radius 2 is 2.09 bits per heavy atom. The summed E-state index contributed by atoms with van der Waals surface area (Å²) in [5.41, 5.74) is 2.39. The normalized spacial score (nSPS) is 17.8. The maximum atomic E-state index is 12.2. The fourth-order valence-electron chi connectivity index (χ4n) is 2.78. The fraction of sp³-hybridized carbons (Fsp3) is 0.529. The first-order valence-electron chi connectivity index (χ1n) is 7.94. The molecule has 5 nitrogen and oxygen atoms in total. The van der Waals surface area contributed by atoms with E-state index < -0.39 is 6.04 Å². The van der Waals surface area contributed by atoms with Crippen molar-refractivity contribution in [3.63, 3.8) is 0 Å². The van der Waals surface area contributed by atoms with Crippen LogP contribution >= 0.6 is 0 Å². The minimum Gasteiger partial charge on any atom is -0.359 e. The first-order chi connectivity index (χ1) is 10.5. The lowest BCUT2D eigenvalue weighted by molar-refractivity contribution is -0.128. The number of fused-ring (bicyclic) bond motifs is 1. The second-order valence-corrected chi connectivity index (χ2v) is 5.89. The quantitative estimate of drug-likeness (QED) is 0.836. The lowest BCUT2D eigenvalue weighted by Crippen LogP contribution is -2.48. The van der Waals surface area contributed by atoms with Gasteiger partial charge in [0.05, 0.1) is 6.54 Å². The highest BCUT2D eigenvalue weighted by Crippen LogP contribution is 2.31. The largest absolute Gasteiger partial charge is 0.359 e. The SMILES string of the molecule is CCCNC(=O)[C@H](C)NC(=O)CN1c2ccccc2C[C@@H]1C. The molecule has 1 heterocycles. The third-order valence-corrected chi connectivity index (χ3v) is 3.98. The first-order valence-corrected chi connectivity index (χ1v) is 7.94. The standard InChI is InChI=1S/C17H25N3O2/c1-4-9-18-17(22)13(3)19-16(21)11-20-12(2)10-14-7-5-6-8-15(14)20/h5-8,12-13H,4,9-11H2,1-3H3,(H,18,22)(H,19,21)/t12-,13-/m0/s1. The molecule has 0 spiro atoms. The molecule has 2 atom stereocenters. The monoisotopic (exact) mass is 303 g/mol. The maximum absolute atomic E-state index is 12.2. The number of nitrogens with zero attached hydrogens (tertiary/aromatic N) is 1. The second kappa shape index (κ2) is 7.29. The van der Waals surface area contributed by atoms with Crippen LogP contribution in [0.1, 0.15) is 32.8 Å². The van der Waals surface area contributed by atoms with E-state index in [1.165, 1.54) is 5.56 Å². The van der Waals surface area contributed by atoms with Gasteiger partial charge in [-0.2, -0.15) is 0 Å². The topological polar surface area (TPSA) is 61.4 Å². The molecule has 0 unspecified atom stereocenters. The number of hydrogen-bond acceptors (Lipinski definition) is 3. The number of hydrogen-bond donors (Lipinski definition) is 2. The summed E-state index contributed by atoms with van der Waals surface area (Å²) in [6.45, 7) is 6.74. The molecular formula is C17H25N3O2. The summed E-state index contributed by atoms with van der Waals surface area (Å²) in [7, 11) is 0. The van der Waals surface area contributed by atoms with E-state index in [0.29, 0.717) is 12.6 Å². The predicted molar refractivity (Wildman–Crippen MR) is 87.9 cm³/mol. The zero-order valence-electron chi connectivity index (χ0n) is 13.6. The summed E-state index contributed by atoms with van der Waals surface area (Å²) >= 11 is 0. The zero-order chi connectivity index (χ0) is 16.1. The van der Waals surface area contributed by atoms with Gasteiger partial charge >= 0.3 is 0 Å². The molecule has 0 fully saturated rings. The van der Waals surface area contributed by atoms with Crippen LogP contribution in [0.2, 0.25) is 0 Å². The Balaban J connectivity index is 1.91. The summed E-state index contributed by atoms with van der Waals surface area (Å²) in [5, 5.41) is 5.56. The van der Waals surface area contributed by atoms with Crippen molar-refractivity contribution in [3.05, 3.63) is 29.8 Å². The van der Waals surface area contributed by atoms with Crippen LogP contribution in [0.15, 0.2) is 24.3 Å². The Labute approximate surface area is 132 Å². The van der Waals surface area contributed by atoms with Crippen molar-refractivity contribution in [3.8, 4) is 0 Å². The van der Waals surface area contributed by atoms with E-state index in [9.17, 15) is 9.59 Å². The average Bonchev–Trinajstić information content (AvgIpc) is 2.80. The molecule has 120 valence electrons. The van der Waals surface area contributed by atoms with Gasteiger partial charge in [-0.1, -0.05) is 25.1 Å². The summed E-state index contributed by atoms with van der Waals surface area (Å²) in [4.78, 5) is 26.1. The van der Waals surface area contributed by atoms with Crippen molar-refractivity contribution in [2.45, 2.75) is 45.7 Å². The number of para-hydroxylation sites is 1. The predicted octanol–water partition coefficient (Wildman–Crippen LogP) is 1.47. The Morgan fingerprint density at radius 3 is 2.82 bits per heavy atom. The van der Waals surface area contributed by atoms with E-state index in [1.54, 1.807) is 6.92 Å². The molecule has 0 aliphatic carbocycles. The zero-order valence-corrected chi connectivity index (χ0v) is 13.6. The van der Waals surface area contributed by atoms with Crippen molar-refractivity contribution in [2.24, 2.45) is 0 Å². The minimum absolute atomic E-state index is 0.122. The highest BCUT2D eigenvalue weighted by atomic mass is 16.2. The van der Waals surface area contributed by atoms with Gasteiger partial charge in [-0.3, -0.25) is 9.59 Å². The van der Waals surface area contributed by atoms with Crippen molar-refractivity contribution in [1.82, 2.24) is 10.6 Å². The Hall–Kier alpha value is -2.04. The van der Waals surface area contributed by atoms with Crippen LogP contribution in [0.3, 0.4) is 0 Å². The van der Waals surface area contributed by atoms with Crippen molar-refractivity contribution in [2.75, 3.05) is 18.0 Å². The van der Waals surface area contributed by atoms with Crippen LogP contribution < -0.4 is 15.5 Å². The van der Waals surface area contributed by atoms with E-state index >= 15 is 0 Å². The molecule has 1 aromatic carbocycles. The number of carbonyl (C=O) groups excluding carboxylic acids is 2. The third kappa shape index (κ3) is 3.78.